The predicted octanol–water partition coefficient (Wildman–Crippen LogP) is 0.415. The fourth-order valence-electron chi connectivity index (χ4n) is 1.75. The Bertz CT molecular complexity index is 380. The maximum atomic E-state index is 11.4. The number of hydrogen-bond acceptors (Lipinski definition) is 3. The van der Waals surface area contributed by atoms with Gasteiger partial charge in [-0.3, -0.25) is 4.79 Å². The quantitative estimate of drug-likeness (QED) is 0.566. The number of aryl methyl sites for hydroxylation is 1. The first kappa shape index (κ1) is 8.41. The fraction of sp³-hybridized carbons (Fsp3) is 0.300. The van der Waals surface area contributed by atoms with Crippen LogP contribution in [-0.4, -0.2) is 21.8 Å². The van der Waals surface area contributed by atoms with Crippen LogP contribution < -0.4 is 0 Å². The SMILES string of the molecule is Cc1cccc2c1C(=O)C(O)(O)C2. The number of benzene rings is 1. The first-order valence-corrected chi connectivity index (χ1v) is 4.10. The number of fused-ring (bicyclic) bond motifs is 1. The molecule has 0 saturated heterocycles. The van der Waals surface area contributed by atoms with Gasteiger partial charge in [0, 0.05) is 12.0 Å². The van der Waals surface area contributed by atoms with Crippen LogP contribution in [0.25, 0.3) is 0 Å². The Kier molecular flexibility index (Phi) is 1.55. The van der Waals surface area contributed by atoms with Crippen molar-refractivity contribution in [3.63, 3.8) is 0 Å². The van der Waals surface area contributed by atoms with Gasteiger partial charge in [0.15, 0.2) is 0 Å². The molecule has 0 amide bonds. The van der Waals surface area contributed by atoms with Crippen LogP contribution in [0.2, 0.25) is 0 Å². The highest BCUT2D eigenvalue weighted by Crippen LogP contribution is 2.30. The summed E-state index contributed by atoms with van der Waals surface area (Å²) in [6, 6.07) is 5.34. The number of Topliss-reactive ketones (excluding diaryl/α,β-unsaturated/α-hetero) is 1. The van der Waals surface area contributed by atoms with Crippen LogP contribution in [0.15, 0.2) is 18.2 Å². The summed E-state index contributed by atoms with van der Waals surface area (Å²) in [6.45, 7) is 1.79. The van der Waals surface area contributed by atoms with E-state index in [-0.39, 0.29) is 6.42 Å². The van der Waals surface area contributed by atoms with E-state index in [0.717, 1.165) is 11.1 Å². The van der Waals surface area contributed by atoms with Crippen molar-refractivity contribution in [3.8, 4) is 0 Å². The molecule has 2 rings (SSSR count). The van der Waals surface area contributed by atoms with Crippen molar-refractivity contribution in [1.82, 2.24) is 0 Å². The Balaban J connectivity index is 2.64. The van der Waals surface area contributed by atoms with E-state index in [9.17, 15) is 15.0 Å². The molecule has 0 bridgehead atoms. The zero-order chi connectivity index (χ0) is 9.64. The number of rotatable bonds is 0. The average Bonchev–Trinajstić information content (AvgIpc) is 2.24. The van der Waals surface area contributed by atoms with Gasteiger partial charge >= 0.3 is 0 Å². The van der Waals surface area contributed by atoms with Crippen LogP contribution in [0.3, 0.4) is 0 Å². The summed E-state index contributed by atoms with van der Waals surface area (Å²) in [7, 11) is 0. The molecule has 2 N–H and O–H groups in total. The largest absolute Gasteiger partial charge is 0.359 e. The fourth-order valence-corrected chi connectivity index (χ4v) is 1.75. The summed E-state index contributed by atoms with van der Waals surface area (Å²) in [5.74, 6) is -2.77. The third-order valence-corrected chi connectivity index (χ3v) is 2.39. The molecule has 13 heavy (non-hydrogen) atoms. The van der Waals surface area contributed by atoms with Crippen molar-refractivity contribution in [3.05, 3.63) is 34.9 Å². The van der Waals surface area contributed by atoms with E-state index in [1.54, 1.807) is 19.1 Å². The van der Waals surface area contributed by atoms with Crippen molar-refractivity contribution in [2.75, 3.05) is 0 Å². The molecule has 0 saturated carbocycles. The van der Waals surface area contributed by atoms with E-state index in [4.69, 9.17) is 0 Å². The summed E-state index contributed by atoms with van der Waals surface area (Å²) in [4.78, 5) is 11.4. The van der Waals surface area contributed by atoms with Gasteiger partial charge in [-0.15, -0.1) is 0 Å². The Morgan fingerprint density at radius 3 is 2.69 bits per heavy atom. The molecule has 0 unspecified atom stereocenters. The molecule has 3 heteroatoms. The van der Waals surface area contributed by atoms with Gasteiger partial charge in [-0.05, 0) is 18.1 Å². The third-order valence-electron chi connectivity index (χ3n) is 2.39. The number of aliphatic hydroxyl groups is 2. The lowest BCUT2D eigenvalue weighted by atomic mass is 10.0. The minimum Gasteiger partial charge on any atom is -0.359 e. The van der Waals surface area contributed by atoms with Gasteiger partial charge in [-0.25, -0.2) is 0 Å². The zero-order valence-corrected chi connectivity index (χ0v) is 7.24. The van der Waals surface area contributed by atoms with Crippen molar-refractivity contribution < 1.29 is 15.0 Å². The van der Waals surface area contributed by atoms with Gasteiger partial charge in [0.05, 0.1) is 0 Å². The van der Waals surface area contributed by atoms with Crippen LogP contribution in [0, 0.1) is 6.92 Å². The second-order valence-corrected chi connectivity index (χ2v) is 3.43. The lowest BCUT2D eigenvalue weighted by Crippen LogP contribution is -2.35. The molecule has 1 aromatic carbocycles. The minimum absolute atomic E-state index is 0.00282. The molecule has 1 aliphatic rings. The summed E-state index contributed by atoms with van der Waals surface area (Å²) in [6.07, 6.45) is 0.00282. The second-order valence-electron chi connectivity index (χ2n) is 3.43. The molecule has 0 atom stereocenters. The smallest absolute Gasteiger partial charge is 0.232 e. The van der Waals surface area contributed by atoms with Crippen molar-refractivity contribution in [1.29, 1.82) is 0 Å². The molecule has 68 valence electrons. The van der Waals surface area contributed by atoms with Gasteiger partial charge in [0.1, 0.15) is 0 Å². The maximum Gasteiger partial charge on any atom is 0.232 e. The van der Waals surface area contributed by atoms with E-state index in [1.165, 1.54) is 0 Å². The normalized spacial score (nSPS) is 18.8. The number of carbonyl (C=O) groups excluding carboxylic acids is 1. The number of carbonyl (C=O) groups is 1. The van der Waals surface area contributed by atoms with Crippen LogP contribution in [0.4, 0.5) is 0 Å². The molecule has 1 aromatic rings. The molecule has 0 aliphatic heterocycles. The van der Waals surface area contributed by atoms with Crippen LogP contribution in [0.5, 0.6) is 0 Å². The lowest BCUT2D eigenvalue weighted by molar-refractivity contribution is -0.115. The molecule has 0 spiro atoms. The molecule has 3 nitrogen and oxygen atoms in total. The van der Waals surface area contributed by atoms with Crippen LogP contribution in [0.1, 0.15) is 21.5 Å². The minimum atomic E-state index is -2.19. The number of ketones is 1. The Morgan fingerprint density at radius 1 is 1.38 bits per heavy atom. The van der Waals surface area contributed by atoms with Gasteiger partial charge in [0.2, 0.25) is 11.6 Å². The van der Waals surface area contributed by atoms with Crippen molar-refractivity contribution >= 4 is 5.78 Å². The Labute approximate surface area is 75.6 Å². The molecule has 0 radical (unpaired) electrons. The topological polar surface area (TPSA) is 57.5 Å². The molecule has 0 aromatic heterocycles. The summed E-state index contributed by atoms with van der Waals surface area (Å²) < 4.78 is 0. The first-order valence-electron chi connectivity index (χ1n) is 4.10. The van der Waals surface area contributed by atoms with E-state index < -0.39 is 11.6 Å². The summed E-state index contributed by atoms with van der Waals surface area (Å²) in [5.41, 5.74) is 1.98. The standard InChI is InChI=1S/C10H10O3/c1-6-3-2-4-7-5-10(12,13)9(11)8(6)7/h2-4,12-13H,5H2,1H3. The lowest BCUT2D eigenvalue weighted by Gasteiger charge is -2.10. The van der Waals surface area contributed by atoms with Crippen LogP contribution >= 0.6 is 0 Å². The van der Waals surface area contributed by atoms with Crippen molar-refractivity contribution in [2.45, 2.75) is 19.1 Å². The molecule has 0 heterocycles. The highest BCUT2D eigenvalue weighted by atomic mass is 16.5. The molecular weight excluding hydrogens is 168 g/mol. The Hall–Kier alpha value is -1.19. The Morgan fingerprint density at radius 2 is 2.08 bits per heavy atom. The highest BCUT2D eigenvalue weighted by Gasteiger charge is 2.42. The van der Waals surface area contributed by atoms with E-state index in [2.05, 4.69) is 0 Å². The third kappa shape index (κ3) is 1.08. The van der Waals surface area contributed by atoms with E-state index in [1.807, 2.05) is 6.07 Å². The summed E-state index contributed by atoms with van der Waals surface area (Å²) >= 11 is 0. The first-order chi connectivity index (χ1) is 6.02. The van der Waals surface area contributed by atoms with Gasteiger partial charge in [-0.2, -0.15) is 0 Å². The van der Waals surface area contributed by atoms with Gasteiger partial charge in [0.25, 0.3) is 0 Å². The molecular formula is C10H10O3. The molecule has 0 fully saturated rings. The zero-order valence-electron chi connectivity index (χ0n) is 7.24. The van der Waals surface area contributed by atoms with E-state index in [0.29, 0.717) is 5.56 Å². The second kappa shape index (κ2) is 2.40. The van der Waals surface area contributed by atoms with Gasteiger partial charge < -0.3 is 10.2 Å². The molecule has 1 aliphatic carbocycles. The predicted molar refractivity (Wildman–Crippen MR) is 46.4 cm³/mol. The van der Waals surface area contributed by atoms with Crippen LogP contribution in [-0.2, 0) is 6.42 Å². The van der Waals surface area contributed by atoms with Gasteiger partial charge in [-0.1, -0.05) is 18.2 Å². The monoisotopic (exact) mass is 178 g/mol. The number of hydrogen-bond donors (Lipinski definition) is 2. The highest BCUT2D eigenvalue weighted by molar-refractivity contribution is 6.06. The maximum absolute atomic E-state index is 11.4. The average molecular weight is 178 g/mol. The summed E-state index contributed by atoms with van der Waals surface area (Å²) in [5, 5.41) is 18.6. The van der Waals surface area contributed by atoms with E-state index >= 15 is 0 Å². The van der Waals surface area contributed by atoms with Crippen molar-refractivity contribution in [2.24, 2.45) is 0 Å².